The predicted molar refractivity (Wildman–Crippen MR) is 98.1 cm³/mol. The molecular weight excluding hydrogens is 329 g/mol. The Bertz CT molecular complexity index is 1040. The van der Waals surface area contributed by atoms with Crippen LogP contribution in [-0.2, 0) is 0 Å². The summed E-state index contributed by atoms with van der Waals surface area (Å²) in [5.74, 6) is -0.652. The molecule has 4 rings (SSSR count). The molecule has 1 aliphatic heterocycles. The zero-order chi connectivity index (χ0) is 18.1. The SMILES string of the molecule is N#Cc1ccc(N2CCCN2C(=O)c2cccc(F)c2)c2ccccc12. The lowest BCUT2D eigenvalue weighted by Crippen LogP contribution is -2.41. The van der Waals surface area contributed by atoms with E-state index in [1.807, 2.05) is 35.3 Å². The molecule has 0 aliphatic carbocycles. The standard InChI is InChI=1S/C21H16FN3O/c22-17-6-3-5-15(13-17)21(26)25-12-4-11-24(25)20-10-9-16(14-23)18-7-1-2-8-19(18)20/h1-3,5-10,13H,4,11-12H2. The molecule has 0 radical (unpaired) electrons. The van der Waals surface area contributed by atoms with E-state index in [1.54, 1.807) is 23.2 Å². The second kappa shape index (κ2) is 6.49. The van der Waals surface area contributed by atoms with Crippen molar-refractivity contribution in [1.82, 2.24) is 5.01 Å². The van der Waals surface area contributed by atoms with Crippen molar-refractivity contribution >= 4 is 22.4 Å². The first kappa shape index (κ1) is 16.1. The van der Waals surface area contributed by atoms with Gasteiger partial charge in [0.25, 0.3) is 5.91 Å². The summed E-state index contributed by atoms with van der Waals surface area (Å²) in [7, 11) is 0. The number of hydrogen-bond donors (Lipinski definition) is 0. The molecule has 0 bridgehead atoms. The van der Waals surface area contributed by atoms with Crippen LogP contribution in [0.2, 0.25) is 0 Å². The Labute approximate surface area is 150 Å². The van der Waals surface area contributed by atoms with Crippen LogP contribution in [0.15, 0.2) is 60.7 Å². The van der Waals surface area contributed by atoms with Gasteiger partial charge in [0.2, 0.25) is 0 Å². The molecule has 4 nitrogen and oxygen atoms in total. The summed E-state index contributed by atoms with van der Waals surface area (Å²) in [4.78, 5) is 12.9. The smallest absolute Gasteiger partial charge is 0.272 e. The summed E-state index contributed by atoms with van der Waals surface area (Å²) in [6.45, 7) is 1.26. The Balaban J connectivity index is 1.77. The first-order chi connectivity index (χ1) is 12.7. The van der Waals surface area contributed by atoms with Gasteiger partial charge in [-0.25, -0.2) is 9.40 Å². The number of nitriles is 1. The van der Waals surface area contributed by atoms with Gasteiger partial charge in [0.15, 0.2) is 0 Å². The highest BCUT2D eigenvalue weighted by Gasteiger charge is 2.29. The summed E-state index contributed by atoms with van der Waals surface area (Å²) in [5.41, 5.74) is 1.81. The Kier molecular flexibility index (Phi) is 4.02. The molecule has 1 aliphatic rings. The summed E-state index contributed by atoms with van der Waals surface area (Å²) in [6, 6.07) is 19.3. The molecule has 0 N–H and O–H groups in total. The topological polar surface area (TPSA) is 47.3 Å². The van der Waals surface area contributed by atoms with Crippen molar-refractivity contribution in [3.8, 4) is 6.07 Å². The maximum Gasteiger partial charge on any atom is 0.272 e. The first-order valence-corrected chi connectivity index (χ1v) is 8.46. The van der Waals surface area contributed by atoms with Gasteiger partial charge in [-0.3, -0.25) is 9.80 Å². The van der Waals surface area contributed by atoms with Crippen molar-refractivity contribution in [3.63, 3.8) is 0 Å². The molecular formula is C21H16FN3O. The molecule has 1 heterocycles. The molecule has 5 heteroatoms. The zero-order valence-electron chi connectivity index (χ0n) is 14.0. The number of hydrogen-bond acceptors (Lipinski definition) is 3. The van der Waals surface area contributed by atoms with Crippen molar-refractivity contribution in [2.45, 2.75) is 6.42 Å². The number of halogens is 1. The number of amides is 1. The summed E-state index contributed by atoms with van der Waals surface area (Å²) < 4.78 is 13.5. The van der Waals surface area contributed by atoms with Gasteiger partial charge in [-0.05, 0) is 36.8 Å². The van der Waals surface area contributed by atoms with Crippen LogP contribution in [0.25, 0.3) is 10.8 Å². The quantitative estimate of drug-likeness (QED) is 0.702. The number of fused-ring (bicyclic) bond motifs is 1. The molecule has 0 atom stereocenters. The fraction of sp³-hybridized carbons (Fsp3) is 0.143. The van der Waals surface area contributed by atoms with E-state index < -0.39 is 5.82 Å². The third-order valence-corrected chi connectivity index (χ3v) is 4.64. The van der Waals surface area contributed by atoms with Gasteiger partial charge in [-0.2, -0.15) is 5.26 Å². The van der Waals surface area contributed by atoms with E-state index in [1.165, 1.54) is 12.1 Å². The molecule has 0 aromatic heterocycles. The van der Waals surface area contributed by atoms with Crippen molar-refractivity contribution in [2.24, 2.45) is 0 Å². The first-order valence-electron chi connectivity index (χ1n) is 8.46. The molecule has 3 aromatic rings. The number of anilines is 1. The minimum absolute atomic E-state index is 0.226. The molecule has 0 spiro atoms. The van der Waals surface area contributed by atoms with Crippen LogP contribution in [-0.4, -0.2) is 24.0 Å². The number of rotatable bonds is 2. The van der Waals surface area contributed by atoms with Crippen LogP contribution in [0.5, 0.6) is 0 Å². The number of hydrazine groups is 1. The molecule has 0 unspecified atom stereocenters. The van der Waals surface area contributed by atoms with Crippen molar-refractivity contribution in [1.29, 1.82) is 5.26 Å². The maximum absolute atomic E-state index is 13.5. The molecule has 1 amide bonds. The predicted octanol–water partition coefficient (Wildman–Crippen LogP) is 4.12. The van der Waals surface area contributed by atoms with Crippen LogP contribution >= 0.6 is 0 Å². The zero-order valence-corrected chi connectivity index (χ0v) is 14.0. The fourth-order valence-electron chi connectivity index (χ4n) is 3.45. The number of carbonyl (C=O) groups excluding carboxylic acids is 1. The monoisotopic (exact) mass is 345 g/mol. The third-order valence-electron chi connectivity index (χ3n) is 4.64. The van der Waals surface area contributed by atoms with Gasteiger partial charge < -0.3 is 0 Å². The lowest BCUT2D eigenvalue weighted by molar-refractivity contribution is 0.0776. The molecule has 26 heavy (non-hydrogen) atoms. The van der Waals surface area contributed by atoms with E-state index in [-0.39, 0.29) is 5.91 Å². The minimum Gasteiger partial charge on any atom is -0.282 e. The molecule has 128 valence electrons. The highest BCUT2D eigenvalue weighted by molar-refractivity contribution is 6.00. The van der Waals surface area contributed by atoms with Gasteiger partial charge in [-0.15, -0.1) is 0 Å². The summed E-state index contributed by atoms with van der Waals surface area (Å²) >= 11 is 0. The Morgan fingerprint density at radius 1 is 1.00 bits per heavy atom. The Morgan fingerprint density at radius 2 is 1.81 bits per heavy atom. The normalized spacial score (nSPS) is 13.8. The van der Waals surface area contributed by atoms with Crippen molar-refractivity contribution < 1.29 is 9.18 Å². The van der Waals surface area contributed by atoms with Gasteiger partial charge in [0, 0.05) is 29.4 Å². The maximum atomic E-state index is 13.5. The van der Waals surface area contributed by atoms with Crippen LogP contribution in [0, 0.1) is 17.1 Å². The van der Waals surface area contributed by atoms with E-state index in [0.29, 0.717) is 24.2 Å². The minimum atomic E-state index is -0.426. The third kappa shape index (κ3) is 2.66. The van der Waals surface area contributed by atoms with E-state index in [4.69, 9.17) is 0 Å². The Hall–Kier alpha value is -3.39. The molecule has 1 fully saturated rings. The van der Waals surface area contributed by atoms with Crippen LogP contribution in [0.4, 0.5) is 10.1 Å². The average molecular weight is 345 g/mol. The van der Waals surface area contributed by atoms with Crippen LogP contribution < -0.4 is 5.01 Å². The van der Waals surface area contributed by atoms with E-state index in [2.05, 4.69) is 6.07 Å². The number of carbonyl (C=O) groups is 1. The van der Waals surface area contributed by atoms with Crippen molar-refractivity contribution in [3.05, 3.63) is 77.6 Å². The van der Waals surface area contributed by atoms with Gasteiger partial charge in [0.05, 0.1) is 17.3 Å². The molecule has 1 saturated heterocycles. The summed E-state index contributed by atoms with van der Waals surface area (Å²) in [5, 5.41) is 14.7. The van der Waals surface area contributed by atoms with Gasteiger partial charge in [0.1, 0.15) is 5.82 Å². The van der Waals surface area contributed by atoms with Crippen LogP contribution in [0.3, 0.4) is 0 Å². The van der Waals surface area contributed by atoms with E-state index >= 15 is 0 Å². The summed E-state index contributed by atoms with van der Waals surface area (Å²) in [6.07, 6.45) is 0.829. The lowest BCUT2D eigenvalue weighted by atomic mass is 10.0. The van der Waals surface area contributed by atoms with Gasteiger partial charge >= 0.3 is 0 Å². The van der Waals surface area contributed by atoms with E-state index in [9.17, 15) is 14.4 Å². The lowest BCUT2D eigenvalue weighted by Gasteiger charge is -2.31. The Morgan fingerprint density at radius 3 is 2.58 bits per heavy atom. The average Bonchev–Trinajstić information content (AvgIpc) is 3.16. The van der Waals surface area contributed by atoms with E-state index in [0.717, 1.165) is 22.9 Å². The molecule has 0 saturated carbocycles. The second-order valence-electron chi connectivity index (χ2n) is 6.20. The van der Waals surface area contributed by atoms with Crippen molar-refractivity contribution in [2.75, 3.05) is 18.1 Å². The molecule has 3 aromatic carbocycles. The number of nitrogens with zero attached hydrogens (tertiary/aromatic N) is 3. The fourth-order valence-corrected chi connectivity index (χ4v) is 3.45. The highest BCUT2D eigenvalue weighted by Crippen LogP contribution is 2.32. The van der Waals surface area contributed by atoms with Gasteiger partial charge in [-0.1, -0.05) is 30.3 Å². The van der Waals surface area contributed by atoms with Crippen LogP contribution in [0.1, 0.15) is 22.3 Å². The highest BCUT2D eigenvalue weighted by atomic mass is 19.1. The second-order valence-corrected chi connectivity index (χ2v) is 6.20. The number of benzene rings is 3. The largest absolute Gasteiger partial charge is 0.282 e.